The normalized spacial score (nSPS) is 18.8. The first kappa shape index (κ1) is 28.9. The summed E-state index contributed by atoms with van der Waals surface area (Å²) in [5.41, 5.74) is -0.247. The third-order valence-corrected chi connectivity index (χ3v) is 6.93. The largest absolute Gasteiger partial charge is 0.458 e. The van der Waals surface area contributed by atoms with Gasteiger partial charge in [-0.05, 0) is 40.2 Å². The molecule has 2 rings (SSSR count). The molecule has 0 radical (unpaired) electrons. The predicted octanol–water partition coefficient (Wildman–Crippen LogP) is 4.67. The molecule has 1 aromatic rings. The number of non-ortho nitro benzene ring substituents is 1. The highest BCUT2D eigenvalue weighted by molar-refractivity contribution is 7.58. The van der Waals surface area contributed by atoms with Crippen LogP contribution in [0, 0.1) is 10.1 Å². The fourth-order valence-corrected chi connectivity index (χ4v) is 5.09. The zero-order valence-corrected chi connectivity index (χ0v) is 21.9. The Kier molecular flexibility index (Phi) is 9.96. The summed E-state index contributed by atoms with van der Waals surface area (Å²) in [6.07, 6.45) is -0.814. The summed E-state index contributed by atoms with van der Waals surface area (Å²) in [6.45, 7) is 9.00. The molecule has 1 amide bonds. The van der Waals surface area contributed by atoms with Crippen molar-refractivity contribution in [3.05, 3.63) is 51.0 Å². The molecule has 2 atom stereocenters. The molecule has 0 unspecified atom stereocenters. The first-order valence-corrected chi connectivity index (χ1v) is 12.6. The molecule has 1 aromatic carbocycles. The van der Waals surface area contributed by atoms with Crippen LogP contribution < -0.4 is 0 Å². The van der Waals surface area contributed by atoms with Crippen LogP contribution in [0.15, 0.2) is 35.3 Å². The maximum absolute atomic E-state index is 13.7. The van der Waals surface area contributed by atoms with E-state index in [4.69, 9.17) is 28.2 Å². The second-order valence-corrected chi connectivity index (χ2v) is 10.6. The van der Waals surface area contributed by atoms with Gasteiger partial charge in [0.2, 0.25) is 12.0 Å². The van der Waals surface area contributed by atoms with Crippen LogP contribution in [0.5, 0.6) is 0 Å². The lowest BCUT2D eigenvalue weighted by Gasteiger charge is -2.38. The molecule has 0 saturated carbocycles. The number of nitro groups is 1. The van der Waals surface area contributed by atoms with Crippen molar-refractivity contribution in [3.63, 3.8) is 0 Å². The molecule has 0 fully saturated rings. The summed E-state index contributed by atoms with van der Waals surface area (Å²) in [5, 5.41) is 11.7. The van der Waals surface area contributed by atoms with Crippen molar-refractivity contribution in [3.8, 4) is 0 Å². The highest BCUT2D eigenvalue weighted by atomic mass is 31.2. The number of amides is 1. The summed E-state index contributed by atoms with van der Waals surface area (Å²) < 4.78 is 36.2. The highest BCUT2D eigenvalue weighted by Gasteiger charge is 2.47. The fraction of sp³-hybridized carbons (Fsp3) is 0.591. The number of nitrogens with zero attached hydrogens (tertiary/aromatic N) is 2. The summed E-state index contributed by atoms with van der Waals surface area (Å²) in [6, 6.07) is 5.67. The number of hydrogen-bond donors (Lipinski definition) is 0. The van der Waals surface area contributed by atoms with Crippen molar-refractivity contribution >= 4 is 19.2 Å². The SMILES string of the molecule is CCON(OCC)C(=O)C1=C(P(=O)(OC)OC)[C@H](c2ccc([N+](=O)[O-])cc2)C[C@H](OC(C)(C)C)O1. The van der Waals surface area contributed by atoms with E-state index in [9.17, 15) is 19.5 Å². The van der Waals surface area contributed by atoms with Crippen molar-refractivity contribution in [1.29, 1.82) is 0 Å². The molecule has 1 aliphatic rings. The van der Waals surface area contributed by atoms with Gasteiger partial charge in [-0.15, -0.1) is 0 Å². The highest BCUT2D eigenvalue weighted by Crippen LogP contribution is 2.63. The Bertz CT molecular complexity index is 959. The molecule has 0 aliphatic carbocycles. The molecule has 0 spiro atoms. The Morgan fingerprint density at radius 3 is 2.11 bits per heavy atom. The van der Waals surface area contributed by atoms with Crippen LogP contribution in [-0.2, 0) is 37.6 Å². The van der Waals surface area contributed by atoms with Gasteiger partial charge >= 0.3 is 13.5 Å². The van der Waals surface area contributed by atoms with Crippen molar-refractivity contribution in [2.45, 2.75) is 58.8 Å². The molecule has 12 nitrogen and oxygen atoms in total. The maximum Gasteiger partial charge on any atom is 0.361 e. The van der Waals surface area contributed by atoms with E-state index in [2.05, 4.69) is 0 Å². The van der Waals surface area contributed by atoms with E-state index in [0.717, 1.165) is 0 Å². The Labute approximate surface area is 204 Å². The number of carbonyl (C=O) groups is 1. The van der Waals surface area contributed by atoms with Gasteiger partial charge in [0, 0.05) is 38.7 Å². The van der Waals surface area contributed by atoms with Crippen molar-refractivity contribution < 1.29 is 42.5 Å². The molecular weight excluding hydrogens is 483 g/mol. The lowest BCUT2D eigenvalue weighted by Crippen LogP contribution is -2.40. The molecule has 35 heavy (non-hydrogen) atoms. The van der Waals surface area contributed by atoms with Crippen LogP contribution in [0.3, 0.4) is 0 Å². The molecule has 0 bridgehead atoms. The first-order valence-electron chi connectivity index (χ1n) is 11.1. The summed E-state index contributed by atoms with van der Waals surface area (Å²) in [5.74, 6) is -2.01. The van der Waals surface area contributed by atoms with Crippen LogP contribution in [0.1, 0.15) is 52.5 Å². The van der Waals surface area contributed by atoms with Crippen molar-refractivity contribution in [2.24, 2.45) is 0 Å². The molecule has 0 aromatic heterocycles. The van der Waals surface area contributed by atoms with Gasteiger partial charge in [0.15, 0.2) is 0 Å². The number of nitro benzene ring substituents is 1. The van der Waals surface area contributed by atoms with Gasteiger partial charge < -0.3 is 18.5 Å². The Hall–Kier alpha value is -2.34. The van der Waals surface area contributed by atoms with Crippen LogP contribution >= 0.6 is 7.60 Å². The van der Waals surface area contributed by atoms with E-state index in [1.165, 1.54) is 38.5 Å². The number of ether oxygens (including phenoxy) is 2. The Balaban J connectivity index is 2.76. The van der Waals surface area contributed by atoms with Gasteiger partial charge in [0.25, 0.3) is 5.69 Å². The standard InChI is InChI=1S/C22H33N2O10P/c1-8-31-24(32-9-2)21(25)19-20(35(28,29-6)30-7)17(14-18(33-19)34-22(3,4)5)15-10-12-16(13-11-15)23(26)27/h10-13,17-18H,8-9,14H2,1-7H3/t17-,18-/m0/s1. The number of allylic oxidation sites excluding steroid dienone is 1. The minimum Gasteiger partial charge on any atom is -0.458 e. The monoisotopic (exact) mass is 516 g/mol. The number of carbonyl (C=O) groups excluding carboxylic acids is 1. The third kappa shape index (κ3) is 7.09. The smallest absolute Gasteiger partial charge is 0.361 e. The maximum atomic E-state index is 13.7. The lowest BCUT2D eigenvalue weighted by molar-refractivity contribution is -0.384. The van der Waals surface area contributed by atoms with Crippen LogP contribution in [-0.4, -0.2) is 55.4 Å². The molecule has 13 heteroatoms. The van der Waals surface area contributed by atoms with E-state index < -0.39 is 36.2 Å². The molecule has 1 aliphatic heterocycles. The topological polar surface area (TPSA) is 136 Å². The number of rotatable bonds is 11. The Morgan fingerprint density at radius 1 is 1.14 bits per heavy atom. The first-order chi connectivity index (χ1) is 16.4. The minimum atomic E-state index is -4.07. The van der Waals surface area contributed by atoms with Gasteiger partial charge in [0.1, 0.15) is 0 Å². The number of benzene rings is 1. The number of hydrogen-bond acceptors (Lipinski definition) is 10. The van der Waals surface area contributed by atoms with E-state index in [1.807, 2.05) is 20.8 Å². The Morgan fingerprint density at radius 2 is 1.69 bits per heavy atom. The minimum absolute atomic E-state index is 0.0699. The summed E-state index contributed by atoms with van der Waals surface area (Å²) in [4.78, 5) is 34.7. The van der Waals surface area contributed by atoms with Crippen LogP contribution in [0.4, 0.5) is 5.69 Å². The second-order valence-electron chi connectivity index (χ2n) is 8.39. The van der Waals surface area contributed by atoms with Gasteiger partial charge in [-0.2, -0.15) is 0 Å². The molecular formula is C22H33N2O10P. The van der Waals surface area contributed by atoms with Crippen molar-refractivity contribution in [2.75, 3.05) is 27.4 Å². The summed E-state index contributed by atoms with van der Waals surface area (Å²) in [7, 11) is -1.69. The molecule has 0 saturated heterocycles. The van der Waals surface area contributed by atoms with E-state index >= 15 is 0 Å². The van der Waals surface area contributed by atoms with Gasteiger partial charge in [0.05, 0.1) is 29.1 Å². The summed E-state index contributed by atoms with van der Waals surface area (Å²) >= 11 is 0. The second kappa shape index (κ2) is 12.1. The zero-order chi connectivity index (χ0) is 26.4. The average Bonchev–Trinajstić information content (AvgIpc) is 2.81. The van der Waals surface area contributed by atoms with E-state index in [1.54, 1.807) is 13.8 Å². The van der Waals surface area contributed by atoms with Gasteiger partial charge in [-0.3, -0.25) is 19.5 Å². The van der Waals surface area contributed by atoms with Crippen LogP contribution in [0.25, 0.3) is 0 Å². The molecule has 196 valence electrons. The fourth-order valence-electron chi connectivity index (χ4n) is 3.51. The van der Waals surface area contributed by atoms with Gasteiger partial charge in [-0.1, -0.05) is 17.4 Å². The van der Waals surface area contributed by atoms with E-state index in [-0.39, 0.29) is 36.4 Å². The molecule has 0 N–H and O–H groups in total. The quantitative estimate of drug-likeness (QED) is 0.232. The van der Waals surface area contributed by atoms with Crippen molar-refractivity contribution in [1.82, 2.24) is 5.23 Å². The predicted molar refractivity (Wildman–Crippen MR) is 125 cm³/mol. The van der Waals surface area contributed by atoms with E-state index in [0.29, 0.717) is 10.8 Å². The molecule has 1 heterocycles. The third-order valence-electron chi connectivity index (χ3n) is 4.86. The number of hydroxylamine groups is 2. The zero-order valence-electron chi connectivity index (χ0n) is 21.0. The van der Waals surface area contributed by atoms with Gasteiger partial charge in [-0.25, -0.2) is 9.68 Å². The average molecular weight is 516 g/mol. The lowest BCUT2D eigenvalue weighted by atomic mass is 9.92. The van der Waals surface area contributed by atoms with Crippen LogP contribution in [0.2, 0.25) is 0 Å².